The molecule has 1 atom stereocenters. The van der Waals surface area contributed by atoms with E-state index in [1.165, 1.54) is 0 Å². The van der Waals surface area contributed by atoms with Crippen LogP contribution in [0.4, 0.5) is 0 Å². The standard InChI is InChI=1S/C9H21N3O2/c1-11(2)10-7-9(13)8-12-3-5-14-6-4-12/h9-10,13H,3-8H2,1-2H3. The van der Waals surface area contributed by atoms with Gasteiger partial charge in [0.15, 0.2) is 0 Å². The van der Waals surface area contributed by atoms with Crippen molar-refractivity contribution in [1.29, 1.82) is 0 Å². The summed E-state index contributed by atoms with van der Waals surface area (Å²) in [6, 6.07) is 0. The van der Waals surface area contributed by atoms with Gasteiger partial charge in [0.1, 0.15) is 0 Å². The number of β-amino-alcohol motifs (C(OH)–C–C–N with tert-alkyl or cyclic N) is 1. The van der Waals surface area contributed by atoms with Gasteiger partial charge < -0.3 is 9.84 Å². The molecule has 1 aliphatic rings. The van der Waals surface area contributed by atoms with Crippen LogP contribution in [-0.4, -0.2) is 74.6 Å². The van der Waals surface area contributed by atoms with Gasteiger partial charge in [-0.2, -0.15) is 0 Å². The molecule has 0 radical (unpaired) electrons. The third-order valence-electron chi connectivity index (χ3n) is 2.22. The Hall–Kier alpha value is -0.200. The summed E-state index contributed by atoms with van der Waals surface area (Å²) < 4.78 is 5.23. The molecule has 14 heavy (non-hydrogen) atoms. The molecule has 0 aromatic rings. The average molecular weight is 203 g/mol. The molecule has 5 nitrogen and oxygen atoms in total. The number of hydrogen-bond acceptors (Lipinski definition) is 5. The fourth-order valence-corrected chi connectivity index (χ4v) is 1.43. The Morgan fingerprint density at radius 2 is 2.07 bits per heavy atom. The Balaban J connectivity index is 2.09. The minimum Gasteiger partial charge on any atom is -0.390 e. The van der Waals surface area contributed by atoms with E-state index in [-0.39, 0.29) is 6.10 Å². The number of aliphatic hydroxyl groups excluding tert-OH is 1. The van der Waals surface area contributed by atoms with Crippen LogP contribution in [0.15, 0.2) is 0 Å². The van der Waals surface area contributed by atoms with E-state index in [1.54, 1.807) is 0 Å². The summed E-state index contributed by atoms with van der Waals surface area (Å²) in [6.07, 6.45) is -0.310. The van der Waals surface area contributed by atoms with Gasteiger partial charge in [-0.25, -0.2) is 0 Å². The maximum absolute atomic E-state index is 9.68. The van der Waals surface area contributed by atoms with Gasteiger partial charge in [-0.15, -0.1) is 0 Å². The molecule has 2 N–H and O–H groups in total. The third kappa shape index (κ3) is 4.88. The summed E-state index contributed by atoms with van der Waals surface area (Å²) in [4.78, 5) is 2.23. The minimum atomic E-state index is -0.310. The predicted molar refractivity (Wildman–Crippen MR) is 55.0 cm³/mol. The lowest BCUT2D eigenvalue weighted by molar-refractivity contribution is 0.0120. The van der Waals surface area contributed by atoms with Crippen LogP contribution in [0.1, 0.15) is 0 Å². The van der Waals surface area contributed by atoms with Crippen LogP contribution >= 0.6 is 0 Å². The van der Waals surface area contributed by atoms with Crippen LogP contribution < -0.4 is 5.43 Å². The van der Waals surface area contributed by atoms with Crippen LogP contribution in [0.5, 0.6) is 0 Å². The SMILES string of the molecule is CN(C)NCC(O)CN1CCOCC1. The molecule has 1 heterocycles. The minimum absolute atomic E-state index is 0.310. The predicted octanol–water partition coefficient (Wildman–Crippen LogP) is -1.25. The monoisotopic (exact) mass is 203 g/mol. The highest BCUT2D eigenvalue weighted by Crippen LogP contribution is 1.97. The van der Waals surface area contributed by atoms with Gasteiger partial charge in [-0.05, 0) is 0 Å². The molecule has 1 unspecified atom stereocenters. The molecular formula is C9H21N3O2. The topological polar surface area (TPSA) is 48.0 Å². The highest BCUT2D eigenvalue weighted by Gasteiger charge is 2.14. The first-order valence-electron chi connectivity index (χ1n) is 5.07. The lowest BCUT2D eigenvalue weighted by Crippen LogP contribution is -2.45. The third-order valence-corrected chi connectivity index (χ3v) is 2.22. The number of hydrogen-bond donors (Lipinski definition) is 2. The van der Waals surface area contributed by atoms with Crippen LogP contribution in [0, 0.1) is 0 Å². The molecule has 5 heteroatoms. The van der Waals surface area contributed by atoms with Crippen molar-refractivity contribution < 1.29 is 9.84 Å². The van der Waals surface area contributed by atoms with Crippen LogP contribution in [0.3, 0.4) is 0 Å². The van der Waals surface area contributed by atoms with Crippen molar-refractivity contribution in [3.63, 3.8) is 0 Å². The number of aliphatic hydroxyl groups is 1. The second-order valence-electron chi connectivity index (χ2n) is 3.82. The number of morpholine rings is 1. The molecular weight excluding hydrogens is 182 g/mol. The van der Waals surface area contributed by atoms with Crippen LogP contribution in [0.25, 0.3) is 0 Å². The average Bonchev–Trinajstić information content (AvgIpc) is 2.16. The first kappa shape index (κ1) is 11.9. The Morgan fingerprint density at radius 1 is 1.43 bits per heavy atom. The number of rotatable bonds is 5. The normalized spacial score (nSPS) is 21.4. The smallest absolute Gasteiger partial charge is 0.0805 e. The van der Waals surface area contributed by atoms with Gasteiger partial charge in [0, 0.05) is 40.3 Å². The molecule has 0 aliphatic carbocycles. The van der Waals surface area contributed by atoms with E-state index in [0.29, 0.717) is 6.54 Å². The maximum Gasteiger partial charge on any atom is 0.0805 e. The number of ether oxygens (including phenoxy) is 1. The van der Waals surface area contributed by atoms with Crippen molar-refractivity contribution in [1.82, 2.24) is 15.3 Å². The first-order chi connectivity index (χ1) is 6.68. The van der Waals surface area contributed by atoms with Crippen molar-refractivity contribution in [2.45, 2.75) is 6.10 Å². The zero-order valence-corrected chi connectivity index (χ0v) is 9.07. The van der Waals surface area contributed by atoms with Crippen molar-refractivity contribution >= 4 is 0 Å². The van der Waals surface area contributed by atoms with Gasteiger partial charge in [0.05, 0.1) is 19.3 Å². The molecule has 1 rings (SSSR count). The zero-order chi connectivity index (χ0) is 10.4. The molecule has 0 bridgehead atoms. The van der Waals surface area contributed by atoms with Crippen LogP contribution in [-0.2, 0) is 4.74 Å². The molecule has 0 aromatic carbocycles. The van der Waals surface area contributed by atoms with E-state index in [1.807, 2.05) is 19.1 Å². The largest absolute Gasteiger partial charge is 0.390 e. The fourth-order valence-electron chi connectivity index (χ4n) is 1.43. The van der Waals surface area contributed by atoms with Gasteiger partial charge in [0.2, 0.25) is 0 Å². The van der Waals surface area contributed by atoms with Gasteiger partial charge >= 0.3 is 0 Å². The van der Waals surface area contributed by atoms with Crippen molar-refractivity contribution in [3.05, 3.63) is 0 Å². The van der Waals surface area contributed by atoms with E-state index >= 15 is 0 Å². The van der Waals surface area contributed by atoms with E-state index in [9.17, 15) is 5.11 Å². The summed E-state index contributed by atoms with van der Waals surface area (Å²) >= 11 is 0. The molecule has 0 amide bonds. The summed E-state index contributed by atoms with van der Waals surface area (Å²) in [5.41, 5.74) is 3.06. The van der Waals surface area contributed by atoms with Crippen molar-refractivity contribution in [2.24, 2.45) is 0 Å². The lowest BCUT2D eigenvalue weighted by atomic mass is 10.3. The van der Waals surface area contributed by atoms with E-state index in [0.717, 1.165) is 32.8 Å². The molecule has 0 spiro atoms. The summed E-state index contributed by atoms with van der Waals surface area (Å²) in [7, 11) is 3.84. The summed E-state index contributed by atoms with van der Waals surface area (Å²) in [5, 5.41) is 11.5. The van der Waals surface area contributed by atoms with Gasteiger partial charge in [0.25, 0.3) is 0 Å². The maximum atomic E-state index is 9.68. The Bertz CT molecular complexity index is 149. The van der Waals surface area contributed by atoms with Gasteiger partial charge in [-0.1, -0.05) is 0 Å². The second kappa shape index (κ2) is 6.31. The molecule has 0 aromatic heterocycles. The highest BCUT2D eigenvalue weighted by atomic mass is 16.5. The molecule has 0 saturated carbocycles. The Labute approximate surface area is 85.6 Å². The summed E-state index contributed by atoms with van der Waals surface area (Å²) in [5.74, 6) is 0. The van der Waals surface area contributed by atoms with Crippen molar-refractivity contribution in [2.75, 3.05) is 53.5 Å². The molecule has 1 fully saturated rings. The summed E-state index contributed by atoms with van der Waals surface area (Å²) in [6.45, 7) is 4.76. The first-order valence-corrected chi connectivity index (χ1v) is 5.07. The van der Waals surface area contributed by atoms with Gasteiger partial charge in [-0.3, -0.25) is 15.3 Å². The Kier molecular flexibility index (Phi) is 5.36. The van der Waals surface area contributed by atoms with E-state index < -0.39 is 0 Å². The Morgan fingerprint density at radius 3 is 2.64 bits per heavy atom. The molecule has 84 valence electrons. The fraction of sp³-hybridized carbons (Fsp3) is 1.00. The van der Waals surface area contributed by atoms with Crippen LogP contribution in [0.2, 0.25) is 0 Å². The number of nitrogens with one attached hydrogen (secondary N) is 1. The molecule has 1 aliphatic heterocycles. The molecule has 1 saturated heterocycles. The van der Waals surface area contributed by atoms with Crippen molar-refractivity contribution in [3.8, 4) is 0 Å². The van der Waals surface area contributed by atoms with E-state index in [4.69, 9.17) is 4.74 Å². The second-order valence-corrected chi connectivity index (χ2v) is 3.82. The van der Waals surface area contributed by atoms with E-state index in [2.05, 4.69) is 10.3 Å². The number of nitrogens with zero attached hydrogens (tertiary/aromatic N) is 2. The lowest BCUT2D eigenvalue weighted by Gasteiger charge is -2.29. The number of hydrazine groups is 1. The zero-order valence-electron chi connectivity index (χ0n) is 9.07. The quantitative estimate of drug-likeness (QED) is 0.547. The highest BCUT2D eigenvalue weighted by molar-refractivity contribution is 4.68.